The maximum absolute atomic E-state index is 4.64. The molecule has 0 spiro atoms. The normalized spacial score (nSPS) is 14.5. The first-order valence-electron chi connectivity index (χ1n) is 3.54. The number of hydrogen-bond donors (Lipinski definition) is 1. The van der Waals surface area contributed by atoms with Crippen molar-refractivity contribution in [3.63, 3.8) is 0 Å². The van der Waals surface area contributed by atoms with Crippen LogP contribution in [0.5, 0.6) is 0 Å². The molecule has 1 aromatic rings. The third-order valence-corrected chi connectivity index (χ3v) is 1.10. The minimum absolute atomic E-state index is 0.833. The van der Waals surface area contributed by atoms with E-state index in [1.807, 2.05) is 25.6 Å². The van der Waals surface area contributed by atoms with Crippen LogP contribution in [0.4, 0.5) is 0 Å². The molecular formula is C7H10BN2O. The van der Waals surface area contributed by atoms with E-state index in [0.29, 0.717) is 0 Å². The molecule has 1 radical (unpaired) electrons. The van der Waals surface area contributed by atoms with Crippen molar-refractivity contribution in [2.75, 3.05) is 6.61 Å². The standard InChI is InChI=1S/C5H5N.C2H5BNO/c1-2-4-6-5-3-1;1-2-5-4-3-1/h1-5H;4H,1-2H2. The molecule has 0 bridgehead atoms. The molecule has 2 rings (SSSR count). The number of pyridine rings is 1. The summed E-state index contributed by atoms with van der Waals surface area (Å²) >= 11 is 0. The van der Waals surface area contributed by atoms with E-state index in [9.17, 15) is 0 Å². The van der Waals surface area contributed by atoms with Crippen molar-refractivity contribution in [2.24, 2.45) is 0 Å². The first kappa shape index (κ1) is 8.23. The maximum Gasteiger partial charge on any atom is 0.244 e. The molecule has 0 amide bonds. The fourth-order valence-electron chi connectivity index (χ4n) is 0.607. The third-order valence-electron chi connectivity index (χ3n) is 1.10. The molecule has 0 aliphatic carbocycles. The zero-order valence-electron chi connectivity index (χ0n) is 6.23. The van der Waals surface area contributed by atoms with E-state index in [0.717, 1.165) is 12.9 Å². The lowest BCUT2D eigenvalue weighted by Gasteiger charge is -1.80. The van der Waals surface area contributed by atoms with Crippen LogP contribution in [-0.4, -0.2) is 19.0 Å². The first-order valence-corrected chi connectivity index (χ1v) is 3.54. The van der Waals surface area contributed by atoms with E-state index in [-0.39, 0.29) is 0 Å². The Morgan fingerprint density at radius 1 is 1.27 bits per heavy atom. The predicted molar refractivity (Wildman–Crippen MR) is 43.9 cm³/mol. The Hall–Kier alpha value is -0.865. The smallest absolute Gasteiger partial charge is 0.244 e. The van der Waals surface area contributed by atoms with Crippen molar-refractivity contribution >= 4 is 7.41 Å². The number of nitrogens with one attached hydrogen (secondary N) is 1. The molecule has 1 aromatic heterocycles. The van der Waals surface area contributed by atoms with Crippen molar-refractivity contribution in [3.8, 4) is 0 Å². The molecule has 57 valence electrons. The molecule has 1 saturated heterocycles. The van der Waals surface area contributed by atoms with Crippen molar-refractivity contribution in [1.82, 2.24) is 10.4 Å². The SMILES string of the molecule is [B]1CCON1.c1ccncc1. The summed E-state index contributed by atoms with van der Waals surface area (Å²) in [4.78, 5) is 8.42. The van der Waals surface area contributed by atoms with Gasteiger partial charge in [0.2, 0.25) is 7.41 Å². The first-order chi connectivity index (χ1) is 5.50. The van der Waals surface area contributed by atoms with E-state index >= 15 is 0 Å². The van der Waals surface area contributed by atoms with E-state index in [2.05, 4.69) is 15.2 Å². The highest BCUT2D eigenvalue weighted by Gasteiger charge is 1.96. The largest absolute Gasteiger partial charge is 0.315 e. The van der Waals surface area contributed by atoms with Gasteiger partial charge in [-0.3, -0.25) is 10.4 Å². The van der Waals surface area contributed by atoms with Gasteiger partial charge in [0.1, 0.15) is 0 Å². The zero-order chi connectivity index (χ0) is 7.78. The Morgan fingerprint density at radius 3 is 2.27 bits per heavy atom. The average Bonchev–Trinajstić information content (AvgIpc) is 2.64. The summed E-state index contributed by atoms with van der Waals surface area (Å²) < 4.78 is 0. The molecule has 0 aromatic carbocycles. The van der Waals surface area contributed by atoms with Crippen LogP contribution in [0.15, 0.2) is 30.6 Å². The summed E-state index contributed by atoms with van der Waals surface area (Å²) in [6.45, 7) is 0.833. The molecule has 2 heterocycles. The Bertz CT molecular complexity index is 133. The number of hydrogen-bond acceptors (Lipinski definition) is 3. The van der Waals surface area contributed by atoms with Crippen LogP contribution < -0.4 is 5.39 Å². The van der Waals surface area contributed by atoms with Crippen LogP contribution >= 0.6 is 0 Å². The summed E-state index contributed by atoms with van der Waals surface area (Å²) in [7, 11) is 1.89. The van der Waals surface area contributed by atoms with Gasteiger partial charge in [0, 0.05) is 12.4 Å². The summed E-state index contributed by atoms with van der Waals surface area (Å²) in [5, 5.41) is 2.60. The molecule has 0 saturated carbocycles. The lowest BCUT2D eigenvalue weighted by Crippen LogP contribution is -2.05. The number of rotatable bonds is 0. The summed E-state index contributed by atoms with van der Waals surface area (Å²) in [6, 6.07) is 5.72. The molecule has 3 nitrogen and oxygen atoms in total. The van der Waals surface area contributed by atoms with Crippen molar-refractivity contribution in [3.05, 3.63) is 30.6 Å². The molecule has 4 heteroatoms. The predicted octanol–water partition coefficient (Wildman–Crippen LogP) is 0.640. The fraction of sp³-hybridized carbons (Fsp3) is 0.286. The Labute approximate surface area is 67.0 Å². The van der Waals surface area contributed by atoms with Gasteiger partial charge in [0.05, 0.1) is 6.61 Å². The third kappa shape index (κ3) is 4.53. The zero-order valence-corrected chi connectivity index (χ0v) is 6.23. The van der Waals surface area contributed by atoms with Gasteiger partial charge in [-0.25, -0.2) is 0 Å². The Morgan fingerprint density at radius 2 is 2.09 bits per heavy atom. The van der Waals surface area contributed by atoms with Gasteiger partial charge in [-0.15, -0.1) is 0 Å². The van der Waals surface area contributed by atoms with Gasteiger partial charge in [0.25, 0.3) is 0 Å². The average molecular weight is 149 g/mol. The monoisotopic (exact) mass is 149 g/mol. The molecule has 0 unspecified atom stereocenters. The maximum atomic E-state index is 4.64. The number of nitrogens with zero attached hydrogens (tertiary/aromatic N) is 1. The van der Waals surface area contributed by atoms with Gasteiger partial charge in [-0.05, 0) is 18.5 Å². The van der Waals surface area contributed by atoms with Crippen LogP contribution in [0.2, 0.25) is 6.32 Å². The van der Waals surface area contributed by atoms with Gasteiger partial charge < -0.3 is 4.84 Å². The van der Waals surface area contributed by atoms with Crippen LogP contribution in [0.1, 0.15) is 0 Å². The van der Waals surface area contributed by atoms with E-state index in [1.165, 1.54) is 0 Å². The molecule has 1 N–H and O–H groups in total. The molecular weight excluding hydrogens is 139 g/mol. The van der Waals surface area contributed by atoms with Gasteiger partial charge >= 0.3 is 0 Å². The molecule has 1 aliphatic rings. The molecule has 11 heavy (non-hydrogen) atoms. The highest BCUT2D eigenvalue weighted by molar-refractivity contribution is 6.32. The van der Waals surface area contributed by atoms with E-state index in [1.54, 1.807) is 12.4 Å². The van der Waals surface area contributed by atoms with Crippen LogP contribution in [0.3, 0.4) is 0 Å². The van der Waals surface area contributed by atoms with Crippen molar-refractivity contribution in [2.45, 2.75) is 6.32 Å². The minimum atomic E-state index is 0.833. The number of aromatic nitrogens is 1. The van der Waals surface area contributed by atoms with Crippen molar-refractivity contribution < 1.29 is 4.84 Å². The van der Waals surface area contributed by atoms with Crippen molar-refractivity contribution in [1.29, 1.82) is 0 Å². The molecule has 1 fully saturated rings. The Balaban J connectivity index is 0.000000112. The van der Waals surface area contributed by atoms with Crippen LogP contribution in [0.25, 0.3) is 0 Å². The second kappa shape index (κ2) is 5.89. The van der Waals surface area contributed by atoms with Gasteiger partial charge in [-0.1, -0.05) is 6.07 Å². The Kier molecular flexibility index (Phi) is 4.41. The van der Waals surface area contributed by atoms with E-state index in [4.69, 9.17) is 0 Å². The van der Waals surface area contributed by atoms with Crippen LogP contribution in [0, 0.1) is 0 Å². The summed E-state index contributed by atoms with van der Waals surface area (Å²) in [5.74, 6) is 0. The quantitative estimate of drug-likeness (QED) is 0.549. The molecule has 1 aliphatic heterocycles. The van der Waals surface area contributed by atoms with Crippen LogP contribution in [-0.2, 0) is 4.84 Å². The van der Waals surface area contributed by atoms with E-state index < -0.39 is 0 Å². The summed E-state index contributed by atoms with van der Waals surface area (Å²) in [5.41, 5.74) is 0. The lowest BCUT2D eigenvalue weighted by molar-refractivity contribution is 0.128. The van der Waals surface area contributed by atoms with Gasteiger partial charge in [0.15, 0.2) is 0 Å². The second-order valence-electron chi connectivity index (χ2n) is 1.98. The molecule has 0 atom stereocenters. The summed E-state index contributed by atoms with van der Waals surface area (Å²) in [6.07, 6.45) is 4.54. The topological polar surface area (TPSA) is 34.1 Å². The highest BCUT2D eigenvalue weighted by Crippen LogP contribution is 1.82. The fourth-order valence-corrected chi connectivity index (χ4v) is 0.607. The minimum Gasteiger partial charge on any atom is -0.315 e. The second-order valence-corrected chi connectivity index (χ2v) is 1.98. The highest BCUT2D eigenvalue weighted by atomic mass is 16.6. The van der Waals surface area contributed by atoms with Gasteiger partial charge in [-0.2, -0.15) is 0 Å². The lowest BCUT2D eigenvalue weighted by atomic mass is 9.94.